The Hall–Kier alpha value is -3.15. The van der Waals surface area contributed by atoms with Crippen molar-refractivity contribution >= 4 is 22.7 Å². The number of aromatic amines is 1. The van der Waals surface area contributed by atoms with Gasteiger partial charge in [0.25, 0.3) is 0 Å². The Bertz CT molecular complexity index is 943. The Labute approximate surface area is 138 Å². The van der Waals surface area contributed by atoms with Crippen molar-refractivity contribution in [3.8, 4) is 5.75 Å². The number of fused-ring (bicyclic) bond motifs is 1. The Morgan fingerprint density at radius 1 is 1.25 bits per heavy atom. The first-order chi connectivity index (χ1) is 11.5. The monoisotopic (exact) mass is 323 g/mol. The third-order valence-corrected chi connectivity index (χ3v) is 3.81. The minimum absolute atomic E-state index is 0.209. The first-order valence-electron chi connectivity index (χ1n) is 7.35. The molecule has 0 bridgehead atoms. The van der Waals surface area contributed by atoms with Gasteiger partial charge in [-0.05, 0) is 42.3 Å². The number of hydrogen-bond acceptors (Lipinski definition) is 5. The van der Waals surface area contributed by atoms with Crippen molar-refractivity contribution in [2.45, 2.75) is 13.3 Å². The molecular formula is C18H15N2O4-. The molecule has 0 spiro atoms. The summed E-state index contributed by atoms with van der Waals surface area (Å²) in [4.78, 5) is 31.0. The van der Waals surface area contributed by atoms with Crippen molar-refractivity contribution in [1.29, 1.82) is 0 Å². The van der Waals surface area contributed by atoms with E-state index >= 15 is 0 Å². The molecule has 2 aromatic heterocycles. The van der Waals surface area contributed by atoms with Gasteiger partial charge in [-0.2, -0.15) is 0 Å². The highest BCUT2D eigenvalue weighted by atomic mass is 16.5. The molecule has 0 fully saturated rings. The lowest BCUT2D eigenvalue weighted by molar-refractivity contribution is -0.304. The van der Waals surface area contributed by atoms with Gasteiger partial charge in [-0.3, -0.25) is 9.78 Å². The van der Waals surface area contributed by atoms with Crippen LogP contribution >= 0.6 is 0 Å². The number of aryl methyl sites for hydroxylation is 1. The molecule has 0 saturated heterocycles. The van der Waals surface area contributed by atoms with Gasteiger partial charge < -0.3 is 19.6 Å². The number of carboxylic acids is 1. The summed E-state index contributed by atoms with van der Waals surface area (Å²) in [5, 5.41) is 11.8. The predicted molar refractivity (Wildman–Crippen MR) is 86.0 cm³/mol. The summed E-state index contributed by atoms with van der Waals surface area (Å²) >= 11 is 0. The fourth-order valence-electron chi connectivity index (χ4n) is 2.67. The molecule has 24 heavy (non-hydrogen) atoms. The van der Waals surface area contributed by atoms with Crippen LogP contribution in [0.2, 0.25) is 0 Å². The lowest BCUT2D eigenvalue weighted by Gasteiger charge is -2.05. The van der Waals surface area contributed by atoms with E-state index < -0.39 is 5.97 Å². The van der Waals surface area contributed by atoms with Crippen LogP contribution in [0.25, 0.3) is 10.9 Å². The highest BCUT2D eigenvalue weighted by Crippen LogP contribution is 2.28. The number of H-pyrrole nitrogens is 1. The number of carbonyl (C=O) groups excluding carboxylic acids is 2. The number of rotatable bonds is 5. The second-order valence-electron chi connectivity index (χ2n) is 5.49. The summed E-state index contributed by atoms with van der Waals surface area (Å²) in [5.74, 6) is -1.00. The number of aromatic nitrogens is 2. The zero-order valence-electron chi connectivity index (χ0n) is 13.3. The lowest BCUT2D eigenvalue weighted by atomic mass is 10.0. The van der Waals surface area contributed by atoms with Crippen LogP contribution in [0.1, 0.15) is 27.3 Å². The number of ether oxygens (including phenoxy) is 1. The van der Waals surface area contributed by atoms with E-state index in [4.69, 9.17) is 4.74 Å². The molecule has 6 heteroatoms. The zero-order valence-corrected chi connectivity index (χ0v) is 13.3. The van der Waals surface area contributed by atoms with Gasteiger partial charge in [0.15, 0.2) is 0 Å². The highest BCUT2D eigenvalue weighted by molar-refractivity contribution is 6.11. The van der Waals surface area contributed by atoms with Gasteiger partial charge in [0.2, 0.25) is 5.78 Å². The van der Waals surface area contributed by atoms with E-state index in [9.17, 15) is 14.7 Å². The molecule has 1 N–H and O–H groups in total. The molecular weight excluding hydrogens is 308 g/mol. The number of carbonyl (C=O) groups is 2. The van der Waals surface area contributed by atoms with Gasteiger partial charge in [0.1, 0.15) is 11.4 Å². The van der Waals surface area contributed by atoms with E-state index in [0.29, 0.717) is 22.2 Å². The second-order valence-corrected chi connectivity index (χ2v) is 5.49. The van der Waals surface area contributed by atoms with E-state index in [-0.39, 0.29) is 23.6 Å². The number of hydrogen-bond donors (Lipinski definition) is 1. The molecule has 0 aliphatic carbocycles. The Kier molecular flexibility index (Phi) is 4.04. The van der Waals surface area contributed by atoms with Crippen LogP contribution in [0, 0.1) is 6.92 Å². The van der Waals surface area contributed by atoms with Crippen LogP contribution < -0.4 is 9.84 Å². The standard InChI is InChI=1S/C18H16N2O4/c1-10-5-6-19-15(7-10)18(23)17-13(9-16(21)22)12-4-3-11(24-2)8-14(12)20-17/h3-8,20H,9H2,1-2H3,(H,21,22)/p-1. The topological polar surface area (TPSA) is 95.1 Å². The molecule has 2 heterocycles. The average molecular weight is 323 g/mol. The van der Waals surface area contributed by atoms with E-state index in [2.05, 4.69) is 9.97 Å². The van der Waals surface area contributed by atoms with Gasteiger partial charge in [-0.15, -0.1) is 0 Å². The summed E-state index contributed by atoms with van der Waals surface area (Å²) in [6.45, 7) is 1.86. The fourth-order valence-corrected chi connectivity index (χ4v) is 2.67. The summed E-state index contributed by atoms with van der Waals surface area (Å²) in [6.07, 6.45) is 1.19. The number of nitrogens with zero attached hydrogens (tertiary/aromatic N) is 1. The van der Waals surface area contributed by atoms with Crippen LogP contribution in [0.15, 0.2) is 36.5 Å². The average Bonchev–Trinajstić information content (AvgIpc) is 2.91. The van der Waals surface area contributed by atoms with Crippen molar-refractivity contribution in [2.24, 2.45) is 0 Å². The highest BCUT2D eigenvalue weighted by Gasteiger charge is 2.20. The van der Waals surface area contributed by atoms with Gasteiger partial charge in [0.05, 0.1) is 12.8 Å². The van der Waals surface area contributed by atoms with Crippen LogP contribution in [-0.2, 0) is 11.2 Å². The second kappa shape index (κ2) is 6.16. The largest absolute Gasteiger partial charge is 0.550 e. The van der Waals surface area contributed by atoms with Gasteiger partial charge in [-0.1, -0.05) is 0 Å². The zero-order chi connectivity index (χ0) is 17.3. The molecule has 0 atom stereocenters. The maximum absolute atomic E-state index is 12.8. The fraction of sp³-hybridized carbons (Fsp3) is 0.167. The molecule has 3 aromatic rings. The molecule has 0 unspecified atom stereocenters. The molecule has 1 aromatic carbocycles. The Balaban J connectivity index is 2.18. The number of ketones is 1. The molecule has 0 aliphatic heterocycles. The van der Waals surface area contributed by atoms with Gasteiger partial charge >= 0.3 is 0 Å². The van der Waals surface area contributed by atoms with Crippen molar-refractivity contribution in [1.82, 2.24) is 9.97 Å². The van der Waals surface area contributed by atoms with E-state index in [0.717, 1.165) is 5.56 Å². The van der Waals surface area contributed by atoms with Gasteiger partial charge in [0, 0.05) is 35.6 Å². The van der Waals surface area contributed by atoms with Crippen molar-refractivity contribution in [2.75, 3.05) is 7.11 Å². The van der Waals surface area contributed by atoms with Gasteiger partial charge in [-0.25, -0.2) is 0 Å². The molecule has 0 aliphatic rings. The maximum Gasteiger partial charge on any atom is 0.227 e. The molecule has 0 saturated carbocycles. The van der Waals surface area contributed by atoms with Crippen LogP contribution in [0.4, 0.5) is 0 Å². The summed E-state index contributed by atoms with van der Waals surface area (Å²) in [7, 11) is 1.54. The SMILES string of the molecule is COc1ccc2c(CC(=O)[O-])c(C(=O)c3cc(C)ccn3)[nH]c2c1. The van der Waals surface area contributed by atoms with E-state index in [1.54, 1.807) is 36.5 Å². The lowest BCUT2D eigenvalue weighted by Crippen LogP contribution is -2.25. The molecule has 6 nitrogen and oxygen atoms in total. The van der Waals surface area contributed by atoms with Crippen molar-refractivity contribution in [3.05, 3.63) is 59.0 Å². The molecule has 0 radical (unpaired) electrons. The number of carboxylic acid groups (broad SMARTS) is 1. The normalized spacial score (nSPS) is 10.8. The minimum atomic E-state index is -1.25. The number of pyridine rings is 1. The summed E-state index contributed by atoms with van der Waals surface area (Å²) < 4.78 is 5.17. The number of benzene rings is 1. The third-order valence-electron chi connectivity index (χ3n) is 3.81. The predicted octanol–water partition coefficient (Wildman–Crippen LogP) is 1.40. The van der Waals surface area contributed by atoms with Crippen molar-refractivity contribution < 1.29 is 19.4 Å². The smallest absolute Gasteiger partial charge is 0.227 e. The van der Waals surface area contributed by atoms with Crippen LogP contribution in [-0.4, -0.2) is 28.8 Å². The van der Waals surface area contributed by atoms with E-state index in [1.165, 1.54) is 7.11 Å². The maximum atomic E-state index is 12.8. The first-order valence-corrected chi connectivity index (χ1v) is 7.35. The number of methoxy groups -OCH3 is 1. The minimum Gasteiger partial charge on any atom is -0.550 e. The number of aliphatic carboxylic acids is 1. The first kappa shape index (κ1) is 15.7. The Morgan fingerprint density at radius 3 is 2.71 bits per heavy atom. The third kappa shape index (κ3) is 2.86. The molecule has 0 amide bonds. The van der Waals surface area contributed by atoms with Crippen LogP contribution in [0.3, 0.4) is 0 Å². The van der Waals surface area contributed by atoms with E-state index in [1.807, 2.05) is 6.92 Å². The van der Waals surface area contributed by atoms with Crippen molar-refractivity contribution in [3.63, 3.8) is 0 Å². The quantitative estimate of drug-likeness (QED) is 0.716. The summed E-state index contributed by atoms with van der Waals surface area (Å²) in [5.41, 5.74) is 2.38. The molecule has 122 valence electrons. The number of nitrogens with one attached hydrogen (secondary N) is 1. The Morgan fingerprint density at radius 2 is 2.04 bits per heavy atom. The summed E-state index contributed by atoms with van der Waals surface area (Å²) in [6, 6.07) is 8.61. The van der Waals surface area contributed by atoms with Crippen LogP contribution in [0.5, 0.6) is 5.75 Å². The molecule has 3 rings (SSSR count).